The summed E-state index contributed by atoms with van der Waals surface area (Å²) in [6, 6.07) is 12.5. The third-order valence-electron chi connectivity index (χ3n) is 4.01. The van der Waals surface area contributed by atoms with Gasteiger partial charge in [0.1, 0.15) is 0 Å². The minimum absolute atomic E-state index is 0.0452. The van der Waals surface area contributed by atoms with Crippen LogP contribution in [0.25, 0.3) is 0 Å². The number of aromatic nitrogens is 2. The molecule has 0 aliphatic heterocycles. The summed E-state index contributed by atoms with van der Waals surface area (Å²) in [7, 11) is 0. The molecule has 0 saturated carbocycles. The molecule has 0 spiro atoms. The first kappa shape index (κ1) is 19.3. The average molecular weight is 386 g/mol. The number of nitrogens with zero attached hydrogens (tertiary/aromatic N) is 2. The Kier molecular flexibility index (Phi) is 5.58. The van der Waals surface area contributed by atoms with Gasteiger partial charge in [-0.15, -0.1) is 0 Å². The molecule has 0 aliphatic rings. The number of hydrogen-bond donors (Lipinski definition) is 2. The molecule has 0 radical (unpaired) electrons. The van der Waals surface area contributed by atoms with Crippen molar-refractivity contribution in [2.75, 3.05) is 10.6 Å². The zero-order valence-electron chi connectivity index (χ0n) is 14.9. The maximum atomic E-state index is 13.0. The second kappa shape index (κ2) is 8.08. The first-order valence-corrected chi connectivity index (χ1v) is 8.52. The first-order valence-electron chi connectivity index (χ1n) is 8.52. The van der Waals surface area contributed by atoms with E-state index in [0.717, 1.165) is 18.2 Å². The summed E-state index contributed by atoms with van der Waals surface area (Å²) in [4.78, 5) is 20.3. The van der Waals surface area contributed by atoms with Crippen molar-refractivity contribution < 1.29 is 18.0 Å². The van der Waals surface area contributed by atoms with E-state index in [2.05, 4.69) is 27.5 Å². The minimum atomic E-state index is -4.57. The van der Waals surface area contributed by atoms with Crippen LogP contribution < -0.4 is 10.6 Å². The number of carbonyl (C=O) groups excluding carboxylic acids is 1. The molecule has 2 aromatic carbocycles. The molecule has 0 unspecified atom stereocenters. The fourth-order valence-electron chi connectivity index (χ4n) is 2.50. The van der Waals surface area contributed by atoms with E-state index >= 15 is 0 Å². The standard InChI is InChI=1S/C20H17F3N4O/c1-2-13-7-9-15(10-8-13)26-19-24-11-14(12-25-19)18(28)27-17-6-4-3-5-16(17)20(21,22)23/h3-12H,2H2,1H3,(H,27,28)(H,24,25,26). The predicted molar refractivity (Wildman–Crippen MR) is 101 cm³/mol. The molecular weight excluding hydrogens is 369 g/mol. The first-order chi connectivity index (χ1) is 13.4. The summed E-state index contributed by atoms with van der Waals surface area (Å²) in [5, 5.41) is 5.25. The van der Waals surface area contributed by atoms with Crippen LogP contribution in [-0.4, -0.2) is 15.9 Å². The molecule has 3 aromatic rings. The van der Waals surface area contributed by atoms with Gasteiger partial charge in [0.15, 0.2) is 0 Å². The molecule has 144 valence electrons. The summed E-state index contributed by atoms with van der Waals surface area (Å²) < 4.78 is 39.1. The lowest BCUT2D eigenvalue weighted by Crippen LogP contribution is -2.17. The quantitative estimate of drug-likeness (QED) is 0.644. The molecule has 1 heterocycles. The molecule has 2 N–H and O–H groups in total. The zero-order valence-corrected chi connectivity index (χ0v) is 14.9. The Morgan fingerprint density at radius 1 is 1.00 bits per heavy atom. The molecule has 1 aromatic heterocycles. The number of amides is 1. The second-order valence-electron chi connectivity index (χ2n) is 5.97. The van der Waals surface area contributed by atoms with Crippen LogP contribution in [0, 0.1) is 0 Å². The number of halogens is 3. The van der Waals surface area contributed by atoms with Crippen molar-refractivity contribution >= 4 is 23.2 Å². The third-order valence-corrected chi connectivity index (χ3v) is 4.01. The molecule has 28 heavy (non-hydrogen) atoms. The lowest BCUT2D eigenvalue weighted by molar-refractivity contribution is -0.136. The molecule has 3 rings (SSSR count). The lowest BCUT2D eigenvalue weighted by Gasteiger charge is -2.13. The highest BCUT2D eigenvalue weighted by molar-refractivity contribution is 6.04. The van der Waals surface area contributed by atoms with Gasteiger partial charge in [0.05, 0.1) is 16.8 Å². The van der Waals surface area contributed by atoms with E-state index < -0.39 is 17.6 Å². The van der Waals surface area contributed by atoms with Crippen molar-refractivity contribution in [3.8, 4) is 0 Å². The number of anilines is 3. The van der Waals surface area contributed by atoms with Crippen LogP contribution in [0.5, 0.6) is 0 Å². The van der Waals surface area contributed by atoms with Crippen LogP contribution in [0.3, 0.4) is 0 Å². The van der Waals surface area contributed by atoms with Crippen molar-refractivity contribution in [2.45, 2.75) is 19.5 Å². The largest absolute Gasteiger partial charge is 0.418 e. The summed E-state index contributed by atoms with van der Waals surface area (Å²) in [5.74, 6) is -0.452. The molecule has 1 amide bonds. The number of alkyl halides is 3. The Labute approximate surface area is 159 Å². The van der Waals surface area contributed by atoms with Crippen molar-refractivity contribution in [3.63, 3.8) is 0 Å². The Hall–Kier alpha value is -3.42. The Morgan fingerprint density at radius 3 is 2.25 bits per heavy atom. The molecule has 0 bridgehead atoms. The van der Waals surface area contributed by atoms with Crippen LogP contribution in [0.2, 0.25) is 0 Å². The molecule has 0 fully saturated rings. The van der Waals surface area contributed by atoms with Gasteiger partial charge in [0.2, 0.25) is 5.95 Å². The Morgan fingerprint density at radius 2 is 1.64 bits per heavy atom. The van der Waals surface area contributed by atoms with Gasteiger partial charge in [-0.25, -0.2) is 9.97 Å². The second-order valence-corrected chi connectivity index (χ2v) is 5.97. The number of para-hydroxylation sites is 1. The number of hydrogen-bond acceptors (Lipinski definition) is 4. The third kappa shape index (κ3) is 4.64. The van der Waals surface area contributed by atoms with Gasteiger partial charge in [-0.1, -0.05) is 31.2 Å². The number of rotatable bonds is 5. The molecular formula is C20H17F3N4O. The highest BCUT2D eigenvalue weighted by atomic mass is 19.4. The van der Waals surface area contributed by atoms with E-state index in [9.17, 15) is 18.0 Å². The van der Waals surface area contributed by atoms with Gasteiger partial charge in [-0.3, -0.25) is 4.79 Å². The van der Waals surface area contributed by atoms with Gasteiger partial charge < -0.3 is 10.6 Å². The van der Waals surface area contributed by atoms with Crippen molar-refractivity contribution in [3.05, 3.63) is 77.6 Å². The summed E-state index contributed by atoms with van der Waals surface area (Å²) in [5.41, 5.74) is 0.784. The molecule has 0 saturated heterocycles. The van der Waals surface area contributed by atoms with Gasteiger partial charge in [0.25, 0.3) is 5.91 Å². The highest BCUT2D eigenvalue weighted by Gasteiger charge is 2.33. The highest BCUT2D eigenvalue weighted by Crippen LogP contribution is 2.34. The smallest absolute Gasteiger partial charge is 0.324 e. The van der Waals surface area contributed by atoms with E-state index in [1.807, 2.05) is 24.3 Å². The molecule has 0 aliphatic carbocycles. The number of nitrogens with one attached hydrogen (secondary N) is 2. The van der Waals surface area contributed by atoms with Crippen LogP contribution in [0.4, 0.5) is 30.5 Å². The fraction of sp³-hybridized carbons (Fsp3) is 0.150. The predicted octanol–water partition coefficient (Wildman–Crippen LogP) is 5.05. The summed E-state index contributed by atoms with van der Waals surface area (Å²) in [6.07, 6.45) is -1.14. The van der Waals surface area contributed by atoms with E-state index in [1.54, 1.807) is 0 Å². The lowest BCUT2D eigenvalue weighted by atomic mass is 10.1. The van der Waals surface area contributed by atoms with Crippen LogP contribution >= 0.6 is 0 Å². The summed E-state index contributed by atoms with van der Waals surface area (Å²) in [6.45, 7) is 2.06. The maximum Gasteiger partial charge on any atom is 0.418 e. The van der Waals surface area contributed by atoms with Crippen LogP contribution in [0.15, 0.2) is 60.9 Å². The van der Waals surface area contributed by atoms with E-state index in [-0.39, 0.29) is 17.2 Å². The number of aryl methyl sites for hydroxylation is 1. The van der Waals surface area contributed by atoms with E-state index in [1.165, 1.54) is 36.2 Å². The molecule has 0 atom stereocenters. The Bertz CT molecular complexity index is 954. The molecule has 8 heteroatoms. The SMILES string of the molecule is CCc1ccc(Nc2ncc(C(=O)Nc3ccccc3C(F)(F)F)cn2)cc1. The zero-order chi connectivity index (χ0) is 20.1. The fourth-order valence-corrected chi connectivity index (χ4v) is 2.50. The topological polar surface area (TPSA) is 66.9 Å². The van der Waals surface area contributed by atoms with Crippen LogP contribution in [-0.2, 0) is 12.6 Å². The van der Waals surface area contributed by atoms with Gasteiger partial charge in [0, 0.05) is 18.1 Å². The number of carbonyl (C=O) groups is 1. The van der Waals surface area contributed by atoms with E-state index in [0.29, 0.717) is 0 Å². The normalized spacial score (nSPS) is 11.1. The monoisotopic (exact) mass is 386 g/mol. The van der Waals surface area contributed by atoms with Crippen molar-refractivity contribution in [1.82, 2.24) is 9.97 Å². The van der Waals surface area contributed by atoms with E-state index in [4.69, 9.17) is 0 Å². The maximum absolute atomic E-state index is 13.0. The number of benzene rings is 2. The van der Waals surface area contributed by atoms with Gasteiger partial charge in [-0.2, -0.15) is 13.2 Å². The van der Waals surface area contributed by atoms with Crippen LogP contribution in [0.1, 0.15) is 28.4 Å². The Balaban J connectivity index is 1.70. The van der Waals surface area contributed by atoms with Crippen molar-refractivity contribution in [2.24, 2.45) is 0 Å². The van der Waals surface area contributed by atoms with Crippen molar-refractivity contribution in [1.29, 1.82) is 0 Å². The van der Waals surface area contributed by atoms with Gasteiger partial charge >= 0.3 is 6.18 Å². The summed E-state index contributed by atoms with van der Waals surface area (Å²) >= 11 is 0. The minimum Gasteiger partial charge on any atom is -0.324 e. The average Bonchev–Trinajstić information content (AvgIpc) is 2.69. The molecule has 5 nitrogen and oxygen atoms in total. The van der Waals surface area contributed by atoms with Gasteiger partial charge in [-0.05, 0) is 36.2 Å².